The van der Waals surface area contributed by atoms with Gasteiger partial charge in [0.15, 0.2) is 0 Å². The molecule has 1 atom stereocenters. The summed E-state index contributed by atoms with van der Waals surface area (Å²) in [5, 5.41) is 4.08. The van der Waals surface area contributed by atoms with E-state index in [0.29, 0.717) is 18.3 Å². The van der Waals surface area contributed by atoms with Crippen LogP contribution in [0.2, 0.25) is 0 Å². The van der Waals surface area contributed by atoms with E-state index in [2.05, 4.69) is 47.2 Å². The average Bonchev–Trinajstić information content (AvgIpc) is 2.91. The quantitative estimate of drug-likeness (QED) is 0.840. The Kier molecular flexibility index (Phi) is 3.54. The summed E-state index contributed by atoms with van der Waals surface area (Å²) in [5.74, 6) is 1.20. The monoisotopic (exact) mass is 273 g/mol. The van der Waals surface area contributed by atoms with Crippen molar-refractivity contribution >= 4 is 0 Å². The van der Waals surface area contributed by atoms with Gasteiger partial charge in [-0.1, -0.05) is 22.9 Å². The molecule has 1 unspecified atom stereocenters. The van der Waals surface area contributed by atoms with Gasteiger partial charge in [0, 0.05) is 18.7 Å². The zero-order chi connectivity index (χ0) is 14.1. The smallest absolute Gasteiger partial charge is 0.258 e. The largest absolute Gasteiger partial charge is 0.367 e. The fourth-order valence-corrected chi connectivity index (χ4v) is 2.38. The molecule has 1 saturated heterocycles. The molecule has 5 heteroatoms. The Hall–Kier alpha value is -1.72. The summed E-state index contributed by atoms with van der Waals surface area (Å²) < 4.78 is 11.1. The highest BCUT2D eigenvalue weighted by molar-refractivity contribution is 5.59. The standard InChI is InChI=1S/C15H19N3O2/c1-10-4-5-11(2)12(8-10)15-16-14(17-20-15)13-9-18(3)6-7-19-13/h4-5,8,13H,6-7,9H2,1-3H3. The summed E-state index contributed by atoms with van der Waals surface area (Å²) in [6, 6.07) is 6.22. The van der Waals surface area contributed by atoms with Gasteiger partial charge in [-0.15, -0.1) is 0 Å². The van der Waals surface area contributed by atoms with Crippen molar-refractivity contribution in [1.82, 2.24) is 15.0 Å². The van der Waals surface area contributed by atoms with Crippen molar-refractivity contribution in [1.29, 1.82) is 0 Å². The van der Waals surface area contributed by atoms with Gasteiger partial charge in [-0.25, -0.2) is 0 Å². The van der Waals surface area contributed by atoms with Gasteiger partial charge >= 0.3 is 0 Å². The molecule has 1 aromatic carbocycles. The number of hydrogen-bond acceptors (Lipinski definition) is 5. The molecule has 1 fully saturated rings. The number of likely N-dealkylation sites (N-methyl/N-ethyl adjacent to an activating group) is 1. The fraction of sp³-hybridized carbons (Fsp3) is 0.467. The third kappa shape index (κ3) is 2.59. The number of aromatic nitrogens is 2. The van der Waals surface area contributed by atoms with Crippen LogP contribution in [0.5, 0.6) is 0 Å². The summed E-state index contributed by atoms with van der Waals surface area (Å²) in [4.78, 5) is 6.72. The normalized spacial score (nSPS) is 20.2. The van der Waals surface area contributed by atoms with Crippen LogP contribution in [-0.2, 0) is 4.74 Å². The van der Waals surface area contributed by atoms with Crippen LogP contribution in [0.1, 0.15) is 23.1 Å². The molecule has 0 bridgehead atoms. The molecule has 0 spiro atoms. The summed E-state index contributed by atoms with van der Waals surface area (Å²) in [5.41, 5.74) is 3.30. The second-order valence-electron chi connectivity index (χ2n) is 5.40. The van der Waals surface area contributed by atoms with Crippen LogP contribution in [0.25, 0.3) is 11.5 Å². The molecule has 1 aliphatic heterocycles. The van der Waals surface area contributed by atoms with E-state index in [1.165, 1.54) is 5.56 Å². The third-order valence-electron chi connectivity index (χ3n) is 3.62. The van der Waals surface area contributed by atoms with Crippen molar-refractivity contribution in [3.8, 4) is 11.5 Å². The second-order valence-corrected chi connectivity index (χ2v) is 5.40. The summed E-state index contributed by atoms with van der Waals surface area (Å²) in [6.07, 6.45) is -0.101. The maximum absolute atomic E-state index is 5.71. The van der Waals surface area contributed by atoms with Gasteiger partial charge in [-0.3, -0.25) is 0 Å². The molecular weight excluding hydrogens is 254 g/mol. The molecule has 2 aromatic rings. The van der Waals surface area contributed by atoms with Crippen molar-refractivity contribution in [3.05, 3.63) is 35.2 Å². The Morgan fingerprint density at radius 3 is 2.95 bits per heavy atom. The predicted octanol–water partition coefficient (Wildman–Crippen LogP) is 2.36. The van der Waals surface area contributed by atoms with Crippen molar-refractivity contribution in [2.45, 2.75) is 20.0 Å². The Bertz CT molecular complexity index is 609. The highest BCUT2D eigenvalue weighted by Crippen LogP contribution is 2.26. The summed E-state index contributed by atoms with van der Waals surface area (Å²) in [7, 11) is 2.07. The number of hydrogen-bond donors (Lipinski definition) is 0. The van der Waals surface area contributed by atoms with Gasteiger partial charge in [-0.2, -0.15) is 4.98 Å². The van der Waals surface area contributed by atoms with E-state index in [4.69, 9.17) is 9.26 Å². The first-order valence-corrected chi connectivity index (χ1v) is 6.85. The molecule has 5 nitrogen and oxygen atoms in total. The van der Waals surface area contributed by atoms with Gasteiger partial charge in [0.2, 0.25) is 5.82 Å². The highest BCUT2D eigenvalue weighted by Gasteiger charge is 2.25. The molecule has 106 valence electrons. The predicted molar refractivity (Wildman–Crippen MR) is 75.4 cm³/mol. The van der Waals surface area contributed by atoms with E-state index in [1.54, 1.807) is 0 Å². The Morgan fingerprint density at radius 1 is 1.30 bits per heavy atom. The lowest BCUT2D eigenvalue weighted by Gasteiger charge is -2.27. The number of rotatable bonds is 2. The molecule has 3 rings (SSSR count). The van der Waals surface area contributed by atoms with Crippen LogP contribution in [-0.4, -0.2) is 41.8 Å². The number of aryl methyl sites for hydroxylation is 2. The molecule has 0 radical (unpaired) electrons. The van der Waals surface area contributed by atoms with Crippen molar-refractivity contribution < 1.29 is 9.26 Å². The molecule has 1 aliphatic rings. The van der Waals surface area contributed by atoms with Crippen molar-refractivity contribution in [2.75, 3.05) is 26.7 Å². The lowest BCUT2D eigenvalue weighted by molar-refractivity contribution is -0.0264. The first-order chi connectivity index (χ1) is 9.63. The third-order valence-corrected chi connectivity index (χ3v) is 3.62. The zero-order valence-electron chi connectivity index (χ0n) is 12.1. The minimum atomic E-state index is -0.101. The first kappa shape index (κ1) is 13.3. The minimum Gasteiger partial charge on any atom is -0.367 e. The van der Waals surface area contributed by atoms with E-state index in [9.17, 15) is 0 Å². The molecule has 0 aliphatic carbocycles. The minimum absolute atomic E-state index is 0.101. The Balaban J connectivity index is 1.88. The van der Waals surface area contributed by atoms with Crippen LogP contribution in [0.15, 0.2) is 22.7 Å². The molecule has 20 heavy (non-hydrogen) atoms. The van der Waals surface area contributed by atoms with Gasteiger partial charge in [-0.05, 0) is 32.5 Å². The lowest BCUT2D eigenvalue weighted by Crippen LogP contribution is -2.35. The van der Waals surface area contributed by atoms with E-state index in [1.807, 2.05) is 6.92 Å². The van der Waals surface area contributed by atoms with Crippen LogP contribution in [0.4, 0.5) is 0 Å². The SMILES string of the molecule is Cc1ccc(C)c(-c2nc(C3CN(C)CCO3)no2)c1. The van der Waals surface area contributed by atoms with Crippen molar-refractivity contribution in [2.24, 2.45) is 0 Å². The first-order valence-electron chi connectivity index (χ1n) is 6.85. The van der Waals surface area contributed by atoms with Crippen LogP contribution in [0, 0.1) is 13.8 Å². The molecule has 1 aromatic heterocycles. The molecular formula is C15H19N3O2. The average molecular weight is 273 g/mol. The molecule has 2 heterocycles. The highest BCUT2D eigenvalue weighted by atomic mass is 16.5. The number of morpholine rings is 1. The number of benzene rings is 1. The summed E-state index contributed by atoms with van der Waals surface area (Å²) >= 11 is 0. The molecule has 0 N–H and O–H groups in total. The van der Waals surface area contributed by atoms with Gasteiger partial charge in [0.25, 0.3) is 5.89 Å². The van der Waals surface area contributed by atoms with E-state index >= 15 is 0 Å². The fourth-order valence-electron chi connectivity index (χ4n) is 2.38. The molecule has 0 amide bonds. The van der Waals surface area contributed by atoms with E-state index in [-0.39, 0.29) is 6.10 Å². The number of ether oxygens (including phenoxy) is 1. The number of nitrogens with zero attached hydrogens (tertiary/aromatic N) is 3. The van der Waals surface area contributed by atoms with E-state index in [0.717, 1.165) is 24.2 Å². The van der Waals surface area contributed by atoms with E-state index < -0.39 is 0 Å². The van der Waals surface area contributed by atoms with Crippen molar-refractivity contribution in [3.63, 3.8) is 0 Å². The lowest BCUT2D eigenvalue weighted by atomic mass is 10.1. The second kappa shape index (κ2) is 5.34. The Morgan fingerprint density at radius 2 is 2.15 bits per heavy atom. The van der Waals surface area contributed by atoms with Gasteiger partial charge in [0.1, 0.15) is 6.10 Å². The Labute approximate surface area is 118 Å². The van der Waals surface area contributed by atoms with Gasteiger partial charge < -0.3 is 14.2 Å². The summed E-state index contributed by atoms with van der Waals surface area (Å²) in [6.45, 7) is 6.54. The zero-order valence-corrected chi connectivity index (χ0v) is 12.1. The topological polar surface area (TPSA) is 51.4 Å². The maximum Gasteiger partial charge on any atom is 0.258 e. The maximum atomic E-state index is 5.71. The van der Waals surface area contributed by atoms with Crippen LogP contribution in [0.3, 0.4) is 0 Å². The van der Waals surface area contributed by atoms with Crippen LogP contribution < -0.4 is 0 Å². The molecule has 0 saturated carbocycles. The van der Waals surface area contributed by atoms with Crippen LogP contribution >= 0.6 is 0 Å². The van der Waals surface area contributed by atoms with Gasteiger partial charge in [0.05, 0.1) is 6.61 Å².